The van der Waals surface area contributed by atoms with Crippen molar-refractivity contribution in [2.75, 3.05) is 19.6 Å². The van der Waals surface area contributed by atoms with Crippen LogP contribution in [0.5, 0.6) is 0 Å². The Morgan fingerprint density at radius 2 is 2.30 bits per heavy atom. The van der Waals surface area contributed by atoms with Crippen molar-refractivity contribution in [3.8, 4) is 0 Å². The molecule has 0 unspecified atom stereocenters. The van der Waals surface area contributed by atoms with E-state index < -0.39 is 0 Å². The molecule has 2 nitrogen and oxygen atoms in total. The molecule has 2 rings (SSSR count). The van der Waals surface area contributed by atoms with Gasteiger partial charge in [-0.1, -0.05) is 35.4 Å². The number of carbonyl (C=O) groups is 1. The van der Waals surface area contributed by atoms with Crippen LogP contribution in [-0.2, 0) is 0 Å². The van der Waals surface area contributed by atoms with Crippen molar-refractivity contribution in [3.05, 3.63) is 46.5 Å². The summed E-state index contributed by atoms with van der Waals surface area (Å²) in [7, 11) is 0. The lowest BCUT2D eigenvalue weighted by Crippen LogP contribution is -2.39. The highest BCUT2D eigenvalue weighted by Crippen LogP contribution is 2.23. The maximum Gasteiger partial charge on any atom is 0.167 e. The minimum atomic E-state index is 0.104. The monoisotopic (exact) mass is 291 g/mol. The van der Waals surface area contributed by atoms with Crippen LogP contribution in [0.15, 0.2) is 35.9 Å². The minimum Gasteiger partial charge on any atom is -0.299 e. The molecule has 108 valence electrons. The Bertz CT molecular complexity index is 509. The number of allylic oxidation sites excluding steroid dienone is 1. The van der Waals surface area contributed by atoms with Gasteiger partial charge < -0.3 is 0 Å². The van der Waals surface area contributed by atoms with Gasteiger partial charge in [-0.3, -0.25) is 9.69 Å². The van der Waals surface area contributed by atoms with E-state index in [1.54, 1.807) is 12.1 Å². The predicted molar refractivity (Wildman–Crippen MR) is 84.4 cm³/mol. The third-order valence-electron chi connectivity index (χ3n) is 3.95. The molecular formula is C17H22ClNO. The third kappa shape index (κ3) is 3.94. The largest absolute Gasteiger partial charge is 0.299 e. The average molecular weight is 292 g/mol. The lowest BCUT2D eigenvalue weighted by Gasteiger charge is -2.32. The quantitative estimate of drug-likeness (QED) is 0.612. The Balaban J connectivity index is 2.03. The van der Waals surface area contributed by atoms with Crippen LogP contribution in [0.1, 0.15) is 37.0 Å². The van der Waals surface area contributed by atoms with Crippen molar-refractivity contribution in [1.82, 2.24) is 4.90 Å². The van der Waals surface area contributed by atoms with E-state index >= 15 is 0 Å². The van der Waals surface area contributed by atoms with Crippen LogP contribution >= 0.6 is 11.6 Å². The molecule has 1 aliphatic heterocycles. The van der Waals surface area contributed by atoms with Crippen LogP contribution in [-0.4, -0.2) is 30.3 Å². The molecule has 1 aromatic rings. The first-order valence-electron chi connectivity index (χ1n) is 7.24. The molecule has 20 heavy (non-hydrogen) atoms. The standard InChI is InChI=1S/C17H22ClNO/c1-3-13(2)11-19-9-5-7-15(12-19)17(20)14-6-4-8-16(18)10-14/h3-4,6,8,10,15H,5,7,9,11-12H2,1-2H3/b13-3+/t15-/m0/s1. The number of nitrogens with zero attached hydrogens (tertiary/aromatic N) is 1. The highest BCUT2D eigenvalue weighted by atomic mass is 35.5. The lowest BCUT2D eigenvalue weighted by molar-refractivity contribution is 0.0829. The fourth-order valence-corrected chi connectivity index (χ4v) is 2.92. The first kappa shape index (κ1) is 15.3. The maximum absolute atomic E-state index is 12.6. The molecule has 1 saturated heterocycles. The Kier molecular flexibility index (Phi) is 5.38. The SMILES string of the molecule is C/C=C(\C)CN1CCC[C@H](C(=O)c2cccc(Cl)c2)C1. The molecule has 0 saturated carbocycles. The van der Waals surface area contributed by atoms with Gasteiger partial charge >= 0.3 is 0 Å². The normalized spacial score (nSPS) is 20.9. The summed E-state index contributed by atoms with van der Waals surface area (Å²) in [5, 5.41) is 0.633. The van der Waals surface area contributed by atoms with E-state index in [0.717, 1.165) is 38.0 Å². The molecular weight excluding hydrogens is 270 g/mol. The molecule has 0 bridgehead atoms. The second-order valence-corrected chi connectivity index (χ2v) is 6.02. The summed E-state index contributed by atoms with van der Waals surface area (Å²) in [5.74, 6) is 0.335. The summed E-state index contributed by atoms with van der Waals surface area (Å²) in [5.41, 5.74) is 2.10. The van der Waals surface area contributed by atoms with Gasteiger partial charge in [-0.25, -0.2) is 0 Å². The Labute approximate surface area is 126 Å². The van der Waals surface area contributed by atoms with Crippen molar-refractivity contribution >= 4 is 17.4 Å². The smallest absolute Gasteiger partial charge is 0.167 e. The number of benzene rings is 1. The van der Waals surface area contributed by atoms with E-state index in [9.17, 15) is 4.79 Å². The number of piperidine rings is 1. The lowest BCUT2D eigenvalue weighted by atomic mass is 9.90. The molecule has 1 atom stereocenters. The van der Waals surface area contributed by atoms with Gasteiger partial charge in [-0.2, -0.15) is 0 Å². The molecule has 0 aliphatic carbocycles. The molecule has 0 N–H and O–H groups in total. The summed E-state index contributed by atoms with van der Waals surface area (Å²) >= 11 is 5.97. The van der Waals surface area contributed by atoms with Crippen molar-refractivity contribution in [2.24, 2.45) is 5.92 Å². The second-order valence-electron chi connectivity index (χ2n) is 5.58. The van der Waals surface area contributed by atoms with Gasteiger partial charge in [0, 0.05) is 29.6 Å². The van der Waals surface area contributed by atoms with E-state index in [1.165, 1.54) is 5.57 Å². The van der Waals surface area contributed by atoms with Gasteiger partial charge in [0.25, 0.3) is 0 Å². The van der Waals surface area contributed by atoms with Gasteiger partial charge in [0.2, 0.25) is 0 Å². The number of rotatable bonds is 4. The Morgan fingerprint density at radius 1 is 1.50 bits per heavy atom. The number of likely N-dealkylation sites (tertiary alicyclic amines) is 1. The number of hydrogen-bond acceptors (Lipinski definition) is 2. The zero-order chi connectivity index (χ0) is 14.5. The Hall–Kier alpha value is -1.12. The molecule has 1 fully saturated rings. The van der Waals surface area contributed by atoms with Crippen LogP contribution in [0.3, 0.4) is 0 Å². The summed E-state index contributed by atoms with van der Waals surface area (Å²) in [6, 6.07) is 7.30. The van der Waals surface area contributed by atoms with Crippen LogP contribution in [0.2, 0.25) is 5.02 Å². The first-order chi connectivity index (χ1) is 9.60. The number of Topliss-reactive ketones (excluding diaryl/α,β-unsaturated/α-hetero) is 1. The zero-order valence-electron chi connectivity index (χ0n) is 12.2. The van der Waals surface area contributed by atoms with Crippen molar-refractivity contribution in [2.45, 2.75) is 26.7 Å². The highest BCUT2D eigenvalue weighted by molar-refractivity contribution is 6.31. The maximum atomic E-state index is 12.6. The summed E-state index contributed by atoms with van der Waals surface area (Å²) < 4.78 is 0. The van der Waals surface area contributed by atoms with Gasteiger partial charge in [0.1, 0.15) is 0 Å². The van der Waals surface area contributed by atoms with E-state index in [-0.39, 0.29) is 11.7 Å². The zero-order valence-corrected chi connectivity index (χ0v) is 13.0. The van der Waals surface area contributed by atoms with E-state index in [4.69, 9.17) is 11.6 Å². The van der Waals surface area contributed by atoms with Gasteiger partial charge in [-0.05, 0) is 45.4 Å². The van der Waals surface area contributed by atoms with Gasteiger partial charge in [-0.15, -0.1) is 0 Å². The van der Waals surface area contributed by atoms with E-state index in [1.807, 2.05) is 12.1 Å². The second kappa shape index (κ2) is 7.05. The molecule has 3 heteroatoms. The summed E-state index contributed by atoms with van der Waals surface area (Å²) in [4.78, 5) is 14.9. The minimum absolute atomic E-state index is 0.104. The number of halogens is 1. The molecule has 0 amide bonds. The first-order valence-corrected chi connectivity index (χ1v) is 7.62. The number of ketones is 1. The van der Waals surface area contributed by atoms with Crippen LogP contribution in [0.4, 0.5) is 0 Å². The molecule has 1 aliphatic rings. The number of carbonyl (C=O) groups excluding carboxylic acids is 1. The molecule has 0 aromatic heterocycles. The van der Waals surface area contributed by atoms with Crippen molar-refractivity contribution in [1.29, 1.82) is 0 Å². The molecule has 1 heterocycles. The van der Waals surface area contributed by atoms with Crippen LogP contribution in [0.25, 0.3) is 0 Å². The van der Waals surface area contributed by atoms with Gasteiger partial charge in [0.05, 0.1) is 0 Å². The molecule has 0 spiro atoms. The molecule has 1 aromatic carbocycles. The topological polar surface area (TPSA) is 20.3 Å². The van der Waals surface area contributed by atoms with Gasteiger partial charge in [0.15, 0.2) is 5.78 Å². The summed E-state index contributed by atoms with van der Waals surface area (Å²) in [6.45, 7) is 7.12. The Morgan fingerprint density at radius 3 is 3.00 bits per heavy atom. The third-order valence-corrected chi connectivity index (χ3v) is 4.19. The van der Waals surface area contributed by atoms with Crippen molar-refractivity contribution < 1.29 is 4.79 Å². The predicted octanol–water partition coefficient (Wildman–Crippen LogP) is 4.20. The van der Waals surface area contributed by atoms with Crippen LogP contribution in [0, 0.1) is 5.92 Å². The fraction of sp³-hybridized carbons (Fsp3) is 0.471. The van der Waals surface area contributed by atoms with E-state index in [0.29, 0.717) is 5.02 Å². The average Bonchev–Trinajstić information content (AvgIpc) is 2.46. The highest BCUT2D eigenvalue weighted by Gasteiger charge is 2.26. The molecule has 0 radical (unpaired) electrons. The fourth-order valence-electron chi connectivity index (χ4n) is 2.73. The van der Waals surface area contributed by atoms with Crippen molar-refractivity contribution in [3.63, 3.8) is 0 Å². The summed E-state index contributed by atoms with van der Waals surface area (Å²) in [6.07, 6.45) is 4.22. The van der Waals surface area contributed by atoms with Crippen LogP contribution < -0.4 is 0 Å². The van der Waals surface area contributed by atoms with E-state index in [2.05, 4.69) is 24.8 Å². The number of hydrogen-bond donors (Lipinski definition) is 0.